The molecule has 7 nitrogen and oxygen atoms in total. The number of aromatic nitrogens is 5. The molecule has 0 unspecified atom stereocenters. The first-order valence-corrected chi connectivity index (χ1v) is 10.1. The van der Waals surface area contributed by atoms with Gasteiger partial charge in [-0.25, -0.2) is 13.9 Å². The molecular formula is C22H20F4N6O. The number of amides is 1. The van der Waals surface area contributed by atoms with Crippen molar-refractivity contribution >= 4 is 11.6 Å². The van der Waals surface area contributed by atoms with Crippen LogP contribution < -0.4 is 5.32 Å². The van der Waals surface area contributed by atoms with E-state index in [4.69, 9.17) is 0 Å². The molecular weight excluding hydrogens is 440 g/mol. The lowest BCUT2D eigenvalue weighted by molar-refractivity contribution is -0.142. The number of carbonyl (C=O) groups excluding carboxylic acids is 1. The second kappa shape index (κ2) is 8.64. The van der Waals surface area contributed by atoms with E-state index >= 15 is 0 Å². The van der Waals surface area contributed by atoms with Crippen molar-refractivity contribution in [1.82, 2.24) is 29.7 Å². The smallest absolute Gasteiger partial charge is 0.351 e. The van der Waals surface area contributed by atoms with Gasteiger partial charge < -0.3 is 5.32 Å². The molecule has 0 aliphatic heterocycles. The lowest BCUT2D eigenvalue weighted by Crippen LogP contribution is -2.26. The van der Waals surface area contributed by atoms with E-state index in [9.17, 15) is 22.4 Å². The van der Waals surface area contributed by atoms with Crippen molar-refractivity contribution in [2.75, 3.05) is 6.54 Å². The number of rotatable bonds is 6. The molecule has 3 aromatic heterocycles. The normalized spacial score (nSPS) is 11.8. The quantitative estimate of drug-likeness (QED) is 0.346. The summed E-state index contributed by atoms with van der Waals surface area (Å²) in [6.07, 6.45) is -4.16. The van der Waals surface area contributed by atoms with Crippen molar-refractivity contribution in [3.63, 3.8) is 0 Å². The fourth-order valence-corrected chi connectivity index (χ4v) is 3.48. The standard InChI is InChI=1S/C22H20F4N6O/c1-13-10-14(2)31(29-13)9-3-8-27-21(33)18-12-20-28-17(15-4-6-16(23)7-5-15)11-19(22(24,25)26)32(20)30-18/h4-7,10-12H,3,8-9H2,1-2H3,(H,27,33). The van der Waals surface area contributed by atoms with Gasteiger partial charge in [-0.3, -0.25) is 9.48 Å². The van der Waals surface area contributed by atoms with Crippen molar-refractivity contribution in [2.24, 2.45) is 0 Å². The molecule has 4 aromatic rings. The van der Waals surface area contributed by atoms with Crippen LogP contribution in [-0.2, 0) is 12.7 Å². The number of hydrogen-bond acceptors (Lipinski definition) is 4. The highest BCUT2D eigenvalue weighted by molar-refractivity contribution is 5.93. The molecule has 0 aliphatic carbocycles. The van der Waals surface area contributed by atoms with E-state index in [1.165, 1.54) is 18.2 Å². The minimum absolute atomic E-state index is 0.00781. The van der Waals surface area contributed by atoms with Crippen molar-refractivity contribution in [1.29, 1.82) is 0 Å². The van der Waals surface area contributed by atoms with Gasteiger partial charge in [0.05, 0.1) is 11.4 Å². The van der Waals surface area contributed by atoms with Crippen molar-refractivity contribution in [3.05, 3.63) is 71.1 Å². The molecule has 3 heterocycles. The first kappa shape index (κ1) is 22.4. The molecule has 0 fully saturated rings. The second-order valence-electron chi connectivity index (χ2n) is 7.59. The Balaban J connectivity index is 1.55. The van der Waals surface area contributed by atoms with Crippen LogP contribution in [0.2, 0.25) is 0 Å². The molecule has 0 spiro atoms. The van der Waals surface area contributed by atoms with Gasteiger partial charge in [0.2, 0.25) is 0 Å². The Kier molecular flexibility index (Phi) is 5.88. The molecule has 0 atom stereocenters. The van der Waals surface area contributed by atoms with Crippen LogP contribution in [0.25, 0.3) is 16.9 Å². The van der Waals surface area contributed by atoms with Crippen LogP contribution in [0.3, 0.4) is 0 Å². The van der Waals surface area contributed by atoms with Gasteiger partial charge in [-0.2, -0.15) is 23.4 Å². The van der Waals surface area contributed by atoms with Crippen molar-refractivity contribution in [2.45, 2.75) is 33.0 Å². The van der Waals surface area contributed by atoms with E-state index in [1.54, 1.807) is 0 Å². The van der Waals surface area contributed by atoms with E-state index in [0.29, 0.717) is 29.6 Å². The minimum atomic E-state index is -4.74. The van der Waals surface area contributed by atoms with E-state index in [0.717, 1.165) is 29.6 Å². The number of nitrogens with one attached hydrogen (secondary N) is 1. The summed E-state index contributed by atoms with van der Waals surface area (Å²) in [4.78, 5) is 16.7. The largest absolute Gasteiger partial charge is 0.433 e. The van der Waals surface area contributed by atoms with Crippen molar-refractivity contribution in [3.8, 4) is 11.3 Å². The second-order valence-corrected chi connectivity index (χ2v) is 7.59. The summed E-state index contributed by atoms with van der Waals surface area (Å²) in [5.41, 5.74) is 0.783. The third-order valence-corrected chi connectivity index (χ3v) is 5.03. The van der Waals surface area contributed by atoms with Gasteiger partial charge in [0.15, 0.2) is 17.0 Å². The maximum atomic E-state index is 13.7. The zero-order valence-corrected chi connectivity index (χ0v) is 17.8. The Morgan fingerprint density at radius 2 is 1.79 bits per heavy atom. The molecule has 0 saturated heterocycles. The first-order valence-electron chi connectivity index (χ1n) is 10.1. The maximum Gasteiger partial charge on any atom is 0.433 e. The summed E-state index contributed by atoms with van der Waals surface area (Å²) in [5.74, 6) is -1.12. The first-order chi connectivity index (χ1) is 15.6. The van der Waals surface area contributed by atoms with Crippen LogP contribution in [0.15, 0.2) is 42.5 Å². The Labute approximate surface area is 186 Å². The zero-order chi connectivity index (χ0) is 23.8. The van der Waals surface area contributed by atoms with Gasteiger partial charge in [0.25, 0.3) is 5.91 Å². The Bertz CT molecular complexity index is 1310. The number of benzene rings is 1. The molecule has 0 radical (unpaired) electrons. The Morgan fingerprint density at radius 1 is 1.06 bits per heavy atom. The van der Waals surface area contributed by atoms with Gasteiger partial charge in [0.1, 0.15) is 5.82 Å². The molecule has 1 aromatic carbocycles. The lowest BCUT2D eigenvalue weighted by atomic mass is 10.1. The predicted octanol–water partition coefficient (Wildman–Crippen LogP) is 4.19. The van der Waals surface area contributed by atoms with Crippen LogP contribution in [-0.4, -0.2) is 36.8 Å². The monoisotopic (exact) mass is 460 g/mol. The average molecular weight is 460 g/mol. The van der Waals surface area contributed by atoms with Crippen molar-refractivity contribution < 1.29 is 22.4 Å². The Morgan fingerprint density at radius 3 is 2.42 bits per heavy atom. The molecule has 0 aliphatic rings. The number of hydrogen-bond donors (Lipinski definition) is 1. The van der Waals surface area contributed by atoms with Gasteiger partial charge in [-0.05, 0) is 56.7 Å². The van der Waals surface area contributed by atoms with Crippen LogP contribution in [0.1, 0.15) is 34.0 Å². The van der Waals surface area contributed by atoms with Crippen LogP contribution >= 0.6 is 0 Å². The van der Waals surface area contributed by atoms with Gasteiger partial charge in [-0.15, -0.1) is 0 Å². The fourth-order valence-electron chi connectivity index (χ4n) is 3.48. The maximum absolute atomic E-state index is 13.7. The molecule has 172 valence electrons. The van der Waals surface area contributed by atoms with Gasteiger partial charge >= 0.3 is 6.18 Å². The van der Waals surface area contributed by atoms with E-state index < -0.39 is 23.6 Å². The molecule has 4 rings (SSSR count). The fraction of sp³-hybridized carbons (Fsp3) is 0.273. The number of alkyl halides is 3. The molecule has 1 amide bonds. The summed E-state index contributed by atoms with van der Waals surface area (Å²) in [5, 5.41) is 10.8. The Hall–Kier alpha value is -3.76. The van der Waals surface area contributed by atoms with Crippen LogP contribution in [0.5, 0.6) is 0 Å². The van der Waals surface area contributed by atoms with E-state index in [1.807, 2.05) is 24.6 Å². The van der Waals surface area contributed by atoms with Gasteiger partial charge in [0, 0.05) is 30.4 Å². The topological polar surface area (TPSA) is 77.1 Å². The highest BCUT2D eigenvalue weighted by atomic mass is 19.4. The molecule has 1 N–H and O–H groups in total. The number of halogens is 4. The summed E-state index contributed by atoms with van der Waals surface area (Å²) in [6.45, 7) is 4.71. The number of aryl methyl sites for hydroxylation is 3. The molecule has 0 bridgehead atoms. The summed E-state index contributed by atoms with van der Waals surface area (Å²) < 4.78 is 56.6. The van der Waals surface area contributed by atoms with E-state index in [-0.39, 0.29) is 17.0 Å². The number of fused-ring (bicyclic) bond motifs is 1. The summed E-state index contributed by atoms with van der Waals surface area (Å²) in [7, 11) is 0. The van der Waals surface area contributed by atoms with Crippen LogP contribution in [0.4, 0.5) is 17.6 Å². The summed E-state index contributed by atoms with van der Waals surface area (Å²) in [6, 6.07) is 8.90. The third-order valence-electron chi connectivity index (χ3n) is 5.03. The highest BCUT2D eigenvalue weighted by Crippen LogP contribution is 2.32. The summed E-state index contributed by atoms with van der Waals surface area (Å²) >= 11 is 0. The number of carbonyl (C=O) groups is 1. The zero-order valence-electron chi connectivity index (χ0n) is 17.8. The average Bonchev–Trinajstić information content (AvgIpc) is 3.32. The predicted molar refractivity (Wildman–Crippen MR) is 112 cm³/mol. The number of nitrogens with zero attached hydrogens (tertiary/aromatic N) is 5. The lowest BCUT2D eigenvalue weighted by Gasteiger charge is -2.11. The van der Waals surface area contributed by atoms with Crippen LogP contribution in [0, 0.1) is 19.7 Å². The SMILES string of the molecule is Cc1cc(C)n(CCCNC(=O)c2cc3nc(-c4ccc(F)cc4)cc(C(F)(F)F)n3n2)n1. The minimum Gasteiger partial charge on any atom is -0.351 e. The molecule has 33 heavy (non-hydrogen) atoms. The van der Waals surface area contributed by atoms with Gasteiger partial charge in [-0.1, -0.05) is 0 Å². The highest BCUT2D eigenvalue weighted by Gasteiger charge is 2.35. The molecule has 0 saturated carbocycles. The van der Waals surface area contributed by atoms with E-state index in [2.05, 4.69) is 20.5 Å². The molecule has 11 heteroatoms. The third kappa shape index (κ3) is 4.86.